The number of nitrogens with zero attached hydrogens (tertiary/aromatic N) is 2. The van der Waals surface area contributed by atoms with Crippen molar-refractivity contribution in [3.63, 3.8) is 0 Å². The van der Waals surface area contributed by atoms with E-state index in [2.05, 4.69) is 0 Å². The molecule has 0 radical (unpaired) electrons. The average Bonchev–Trinajstić information content (AvgIpc) is 2.70. The van der Waals surface area contributed by atoms with Crippen LogP contribution in [0, 0.1) is 0 Å². The maximum atomic E-state index is 12.7. The van der Waals surface area contributed by atoms with Crippen molar-refractivity contribution >= 4 is 32.4 Å². The standard InChI is InChI=1S/C15H16N2O3S/c1-3-16(2)14(18)10-17-12-8-4-6-11-7-5-9-13(15(11)12)21(17,19)20/h4-9H,3,10H2,1-2H3. The quantitative estimate of drug-likeness (QED) is 0.869. The number of amides is 1. The van der Waals surface area contributed by atoms with Gasteiger partial charge in [-0.05, 0) is 24.4 Å². The lowest BCUT2D eigenvalue weighted by Gasteiger charge is -2.21. The van der Waals surface area contributed by atoms with Gasteiger partial charge in [-0.15, -0.1) is 0 Å². The molecule has 0 aromatic heterocycles. The summed E-state index contributed by atoms with van der Waals surface area (Å²) in [4.78, 5) is 13.9. The summed E-state index contributed by atoms with van der Waals surface area (Å²) in [7, 11) is -1.98. The number of benzene rings is 2. The number of carbonyl (C=O) groups is 1. The number of sulfonamides is 1. The number of rotatable bonds is 3. The number of likely N-dealkylation sites (N-methyl/N-ethyl adjacent to an activating group) is 1. The van der Waals surface area contributed by atoms with Crippen LogP contribution in [0.25, 0.3) is 10.8 Å². The molecule has 0 aliphatic carbocycles. The SMILES string of the molecule is CCN(C)C(=O)CN1c2cccc3cccc(c23)S1(=O)=O. The predicted molar refractivity (Wildman–Crippen MR) is 81.8 cm³/mol. The largest absolute Gasteiger partial charge is 0.344 e. The van der Waals surface area contributed by atoms with Crippen LogP contribution in [0.15, 0.2) is 41.3 Å². The van der Waals surface area contributed by atoms with E-state index < -0.39 is 10.0 Å². The summed E-state index contributed by atoms with van der Waals surface area (Å²) in [6, 6.07) is 10.6. The second-order valence-electron chi connectivity index (χ2n) is 5.05. The summed E-state index contributed by atoms with van der Waals surface area (Å²) in [5.74, 6) is -0.217. The molecule has 2 aromatic rings. The van der Waals surface area contributed by atoms with Gasteiger partial charge in [-0.2, -0.15) is 0 Å². The van der Waals surface area contributed by atoms with E-state index in [4.69, 9.17) is 0 Å². The van der Waals surface area contributed by atoms with E-state index in [0.717, 1.165) is 5.39 Å². The first kappa shape index (κ1) is 13.9. The second kappa shape index (κ2) is 4.73. The van der Waals surface area contributed by atoms with Gasteiger partial charge in [0.25, 0.3) is 10.0 Å². The van der Waals surface area contributed by atoms with E-state index >= 15 is 0 Å². The van der Waals surface area contributed by atoms with Crippen LogP contribution < -0.4 is 4.31 Å². The molecule has 1 aliphatic heterocycles. The monoisotopic (exact) mass is 304 g/mol. The van der Waals surface area contributed by atoms with Gasteiger partial charge in [-0.25, -0.2) is 8.42 Å². The molecule has 1 amide bonds. The predicted octanol–water partition coefficient (Wildman–Crippen LogP) is 1.83. The van der Waals surface area contributed by atoms with Crippen LogP contribution in [-0.2, 0) is 14.8 Å². The fourth-order valence-corrected chi connectivity index (χ4v) is 4.21. The van der Waals surface area contributed by atoms with Gasteiger partial charge in [-0.1, -0.05) is 24.3 Å². The molecule has 3 rings (SSSR count). The van der Waals surface area contributed by atoms with Gasteiger partial charge in [0.2, 0.25) is 5.91 Å². The van der Waals surface area contributed by atoms with Crippen LogP contribution in [0.4, 0.5) is 5.69 Å². The van der Waals surface area contributed by atoms with Gasteiger partial charge < -0.3 is 4.90 Å². The molecule has 0 bridgehead atoms. The molecule has 0 saturated carbocycles. The zero-order valence-corrected chi connectivity index (χ0v) is 12.7. The van der Waals surface area contributed by atoms with Gasteiger partial charge in [0.15, 0.2) is 0 Å². The first-order chi connectivity index (χ1) is 9.96. The Morgan fingerprint density at radius 2 is 1.86 bits per heavy atom. The highest BCUT2D eigenvalue weighted by atomic mass is 32.2. The summed E-state index contributed by atoms with van der Waals surface area (Å²) in [5, 5.41) is 1.57. The van der Waals surface area contributed by atoms with Gasteiger partial charge in [0.05, 0.1) is 10.6 Å². The van der Waals surface area contributed by atoms with Crippen LogP contribution in [-0.4, -0.2) is 39.4 Å². The molecule has 2 aromatic carbocycles. The van der Waals surface area contributed by atoms with E-state index in [1.54, 1.807) is 25.2 Å². The lowest BCUT2D eigenvalue weighted by Crippen LogP contribution is -2.39. The van der Waals surface area contributed by atoms with Gasteiger partial charge in [-0.3, -0.25) is 9.10 Å². The molecule has 0 saturated heterocycles. The van der Waals surface area contributed by atoms with E-state index in [0.29, 0.717) is 17.6 Å². The van der Waals surface area contributed by atoms with Crippen molar-refractivity contribution in [2.24, 2.45) is 0 Å². The van der Waals surface area contributed by atoms with E-state index in [9.17, 15) is 13.2 Å². The Kier molecular flexibility index (Phi) is 3.13. The molecule has 1 heterocycles. The Bertz CT molecular complexity index is 825. The molecule has 0 fully saturated rings. The summed E-state index contributed by atoms with van der Waals surface area (Å²) >= 11 is 0. The normalized spacial score (nSPS) is 15.4. The number of anilines is 1. The number of hydrogen-bond acceptors (Lipinski definition) is 3. The molecule has 1 aliphatic rings. The molecule has 0 atom stereocenters. The Labute approximate surface area is 123 Å². The molecule has 0 spiro atoms. The molecular formula is C15H16N2O3S. The number of hydrogen-bond donors (Lipinski definition) is 0. The minimum absolute atomic E-state index is 0.166. The molecule has 6 heteroatoms. The first-order valence-corrected chi connectivity index (χ1v) is 8.19. The maximum Gasteiger partial charge on any atom is 0.265 e. The molecule has 110 valence electrons. The van der Waals surface area contributed by atoms with Crippen LogP contribution in [0.1, 0.15) is 6.92 Å². The fraction of sp³-hybridized carbons (Fsp3) is 0.267. The third-order valence-electron chi connectivity index (χ3n) is 3.86. The van der Waals surface area contributed by atoms with Crippen LogP contribution in [0.2, 0.25) is 0 Å². The van der Waals surface area contributed by atoms with Crippen molar-refractivity contribution in [1.29, 1.82) is 0 Å². The van der Waals surface area contributed by atoms with E-state index in [1.165, 1.54) is 9.21 Å². The fourth-order valence-electron chi connectivity index (χ4n) is 2.55. The highest BCUT2D eigenvalue weighted by Gasteiger charge is 2.36. The Hall–Kier alpha value is -2.08. The lowest BCUT2D eigenvalue weighted by molar-refractivity contribution is -0.128. The van der Waals surface area contributed by atoms with Crippen LogP contribution in [0.3, 0.4) is 0 Å². The third kappa shape index (κ3) is 1.98. The Balaban J connectivity index is 2.13. The highest BCUT2D eigenvalue weighted by molar-refractivity contribution is 7.93. The summed E-state index contributed by atoms with van der Waals surface area (Å²) in [6.07, 6.45) is 0. The lowest BCUT2D eigenvalue weighted by atomic mass is 10.1. The van der Waals surface area contributed by atoms with Crippen molar-refractivity contribution < 1.29 is 13.2 Å². The first-order valence-electron chi connectivity index (χ1n) is 6.75. The Morgan fingerprint density at radius 3 is 2.52 bits per heavy atom. The second-order valence-corrected chi connectivity index (χ2v) is 6.88. The summed E-state index contributed by atoms with van der Waals surface area (Å²) in [6.45, 7) is 2.23. The molecule has 21 heavy (non-hydrogen) atoms. The van der Waals surface area contributed by atoms with Crippen LogP contribution >= 0.6 is 0 Å². The molecular weight excluding hydrogens is 288 g/mol. The van der Waals surface area contributed by atoms with Crippen molar-refractivity contribution in [1.82, 2.24) is 4.90 Å². The average molecular weight is 304 g/mol. The van der Waals surface area contributed by atoms with Crippen molar-refractivity contribution in [2.75, 3.05) is 24.4 Å². The van der Waals surface area contributed by atoms with Crippen LogP contribution in [0.5, 0.6) is 0 Å². The van der Waals surface area contributed by atoms with Crippen molar-refractivity contribution in [3.05, 3.63) is 36.4 Å². The molecule has 5 nitrogen and oxygen atoms in total. The molecule has 0 N–H and O–H groups in total. The zero-order chi connectivity index (χ0) is 15.2. The maximum absolute atomic E-state index is 12.7. The zero-order valence-electron chi connectivity index (χ0n) is 11.9. The minimum atomic E-state index is -3.65. The van der Waals surface area contributed by atoms with E-state index in [1.807, 2.05) is 25.1 Å². The minimum Gasteiger partial charge on any atom is -0.344 e. The number of carbonyl (C=O) groups excluding carboxylic acids is 1. The van der Waals surface area contributed by atoms with Gasteiger partial charge in [0, 0.05) is 19.0 Å². The van der Waals surface area contributed by atoms with Gasteiger partial charge in [0.1, 0.15) is 6.54 Å². The Morgan fingerprint density at radius 1 is 1.19 bits per heavy atom. The smallest absolute Gasteiger partial charge is 0.265 e. The highest BCUT2D eigenvalue weighted by Crippen LogP contribution is 2.41. The van der Waals surface area contributed by atoms with Gasteiger partial charge >= 0.3 is 0 Å². The topological polar surface area (TPSA) is 57.7 Å². The van der Waals surface area contributed by atoms with Crippen molar-refractivity contribution in [2.45, 2.75) is 11.8 Å². The van der Waals surface area contributed by atoms with Crippen molar-refractivity contribution in [3.8, 4) is 0 Å². The third-order valence-corrected chi connectivity index (χ3v) is 5.66. The van der Waals surface area contributed by atoms with E-state index in [-0.39, 0.29) is 17.3 Å². The molecule has 0 unspecified atom stereocenters. The summed E-state index contributed by atoms with van der Waals surface area (Å²) in [5.41, 5.74) is 0.584. The summed E-state index contributed by atoms with van der Waals surface area (Å²) < 4.78 is 26.5.